The molecule has 1 aliphatic carbocycles. The third-order valence-corrected chi connectivity index (χ3v) is 5.88. The molecule has 1 saturated carbocycles. The molecular weight excluding hydrogens is 310 g/mol. The maximum absolute atomic E-state index is 4.96. The van der Waals surface area contributed by atoms with Crippen LogP contribution in [0.1, 0.15) is 69.3 Å². The summed E-state index contributed by atoms with van der Waals surface area (Å²) in [5.74, 6) is 2.46. The van der Waals surface area contributed by atoms with Gasteiger partial charge in [-0.05, 0) is 32.2 Å². The van der Waals surface area contributed by atoms with Gasteiger partial charge in [0.05, 0.1) is 11.9 Å². The van der Waals surface area contributed by atoms with Gasteiger partial charge in [-0.15, -0.1) is 0 Å². The van der Waals surface area contributed by atoms with E-state index in [-0.39, 0.29) is 0 Å². The van der Waals surface area contributed by atoms with E-state index in [0.717, 1.165) is 36.3 Å². The number of hydrogen-bond acceptors (Lipinski definition) is 4. The van der Waals surface area contributed by atoms with E-state index in [1.807, 2.05) is 24.8 Å². The van der Waals surface area contributed by atoms with E-state index in [2.05, 4.69) is 26.4 Å². The maximum atomic E-state index is 4.96. The first-order valence-electron chi connectivity index (χ1n) is 9.93. The highest BCUT2D eigenvalue weighted by atomic mass is 15.2. The molecule has 1 aliphatic heterocycles. The molecule has 3 heterocycles. The number of aryl methyl sites for hydroxylation is 1. The van der Waals surface area contributed by atoms with Crippen LogP contribution >= 0.6 is 0 Å². The molecule has 1 atom stereocenters. The Kier molecular flexibility index (Phi) is 5.11. The Balaban J connectivity index is 1.52. The first kappa shape index (κ1) is 16.7. The van der Waals surface area contributed by atoms with E-state index >= 15 is 0 Å². The molecule has 2 fully saturated rings. The average Bonchev–Trinajstić information content (AvgIpc) is 3.18. The fourth-order valence-electron chi connectivity index (χ4n) is 4.51. The second-order valence-corrected chi connectivity index (χ2v) is 7.50. The van der Waals surface area contributed by atoms with Crippen LogP contribution in [-0.4, -0.2) is 43.6 Å². The van der Waals surface area contributed by atoms with Crippen molar-refractivity contribution in [2.75, 3.05) is 13.1 Å². The van der Waals surface area contributed by atoms with Crippen LogP contribution < -0.4 is 0 Å². The van der Waals surface area contributed by atoms with Crippen LogP contribution in [0.5, 0.6) is 0 Å². The Morgan fingerprint density at radius 1 is 1.08 bits per heavy atom. The van der Waals surface area contributed by atoms with Gasteiger partial charge >= 0.3 is 0 Å². The molecule has 134 valence electrons. The van der Waals surface area contributed by atoms with E-state index in [0.29, 0.717) is 5.92 Å². The predicted molar refractivity (Wildman–Crippen MR) is 99.0 cm³/mol. The summed E-state index contributed by atoms with van der Waals surface area (Å²) in [6.07, 6.45) is 18.1. The Morgan fingerprint density at radius 2 is 1.96 bits per heavy atom. The zero-order chi connectivity index (χ0) is 17.1. The summed E-state index contributed by atoms with van der Waals surface area (Å²) >= 11 is 0. The molecule has 4 rings (SSSR count). The van der Waals surface area contributed by atoms with Crippen molar-refractivity contribution in [2.24, 2.45) is 0 Å². The van der Waals surface area contributed by atoms with Gasteiger partial charge in [0.25, 0.3) is 0 Å². The van der Waals surface area contributed by atoms with E-state index in [1.54, 1.807) is 0 Å². The lowest BCUT2D eigenvalue weighted by atomic mass is 9.89. The normalized spacial score (nSPS) is 23.0. The van der Waals surface area contributed by atoms with Crippen LogP contribution in [0.25, 0.3) is 5.82 Å². The smallest absolute Gasteiger partial charge is 0.156 e. The zero-order valence-corrected chi connectivity index (χ0v) is 15.3. The highest BCUT2D eigenvalue weighted by Gasteiger charge is 2.28. The van der Waals surface area contributed by atoms with Gasteiger partial charge in [-0.3, -0.25) is 14.5 Å². The summed E-state index contributed by atoms with van der Waals surface area (Å²) in [7, 11) is 0. The molecule has 5 nitrogen and oxygen atoms in total. The molecule has 2 aromatic heterocycles. The molecule has 5 heteroatoms. The minimum atomic E-state index is 0.511. The van der Waals surface area contributed by atoms with Gasteiger partial charge in [-0.25, -0.2) is 9.97 Å². The maximum Gasteiger partial charge on any atom is 0.156 e. The first-order chi connectivity index (χ1) is 12.3. The van der Waals surface area contributed by atoms with Gasteiger partial charge in [0.15, 0.2) is 5.82 Å². The van der Waals surface area contributed by atoms with Crippen molar-refractivity contribution in [3.05, 3.63) is 36.3 Å². The topological polar surface area (TPSA) is 46.8 Å². The van der Waals surface area contributed by atoms with Crippen LogP contribution in [0.15, 0.2) is 24.8 Å². The Hall–Kier alpha value is -1.75. The van der Waals surface area contributed by atoms with Crippen LogP contribution in [0.2, 0.25) is 0 Å². The Morgan fingerprint density at radius 3 is 2.80 bits per heavy atom. The molecule has 1 saturated heterocycles. The van der Waals surface area contributed by atoms with Gasteiger partial charge in [0, 0.05) is 43.5 Å². The Labute approximate surface area is 150 Å². The summed E-state index contributed by atoms with van der Waals surface area (Å²) in [6.45, 7) is 4.53. The predicted octanol–water partition coefficient (Wildman–Crippen LogP) is 3.74. The summed E-state index contributed by atoms with van der Waals surface area (Å²) in [6, 6.07) is 0.799. The monoisotopic (exact) mass is 339 g/mol. The standard InChI is InChI=1S/C20H29N5/c1-2-19-22-10-12-25(19)20-14-21-13-18(23-20)16-7-6-11-24(15-16)17-8-4-3-5-9-17/h10,12-14,16-17H,2-9,11,15H2,1H3. The first-order valence-corrected chi connectivity index (χ1v) is 9.93. The lowest BCUT2D eigenvalue weighted by Crippen LogP contribution is -2.43. The summed E-state index contributed by atoms with van der Waals surface area (Å²) in [4.78, 5) is 16.6. The summed E-state index contributed by atoms with van der Waals surface area (Å²) < 4.78 is 2.07. The van der Waals surface area contributed by atoms with E-state index in [1.165, 1.54) is 51.5 Å². The number of likely N-dealkylation sites (tertiary alicyclic amines) is 1. The zero-order valence-electron chi connectivity index (χ0n) is 15.3. The molecule has 0 radical (unpaired) electrons. The molecular formula is C20H29N5. The lowest BCUT2D eigenvalue weighted by Gasteiger charge is -2.39. The molecule has 25 heavy (non-hydrogen) atoms. The van der Waals surface area contributed by atoms with E-state index in [4.69, 9.17) is 4.98 Å². The lowest BCUT2D eigenvalue weighted by molar-refractivity contribution is 0.118. The minimum absolute atomic E-state index is 0.511. The van der Waals surface area contributed by atoms with Crippen molar-refractivity contribution >= 4 is 0 Å². The number of piperidine rings is 1. The third kappa shape index (κ3) is 3.61. The highest BCUT2D eigenvalue weighted by Crippen LogP contribution is 2.31. The molecule has 0 aromatic carbocycles. The largest absolute Gasteiger partial charge is 0.300 e. The number of aromatic nitrogens is 4. The number of rotatable bonds is 4. The van der Waals surface area contributed by atoms with Gasteiger partial charge in [0.2, 0.25) is 0 Å². The van der Waals surface area contributed by atoms with Crippen LogP contribution in [-0.2, 0) is 6.42 Å². The van der Waals surface area contributed by atoms with Crippen molar-refractivity contribution in [1.29, 1.82) is 0 Å². The number of nitrogens with zero attached hydrogens (tertiary/aromatic N) is 5. The second kappa shape index (κ2) is 7.65. The SMILES string of the molecule is CCc1nccn1-c1cncc(C2CCCN(C3CCCCC3)C2)n1. The van der Waals surface area contributed by atoms with Gasteiger partial charge < -0.3 is 0 Å². The van der Waals surface area contributed by atoms with Crippen molar-refractivity contribution in [3.8, 4) is 5.82 Å². The van der Waals surface area contributed by atoms with Crippen molar-refractivity contribution in [1.82, 2.24) is 24.4 Å². The molecule has 0 bridgehead atoms. The molecule has 2 aromatic rings. The van der Waals surface area contributed by atoms with Crippen molar-refractivity contribution in [3.63, 3.8) is 0 Å². The Bertz CT molecular complexity index is 689. The number of imidazole rings is 1. The summed E-state index contributed by atoms with van der Waals surface area (Å²) in [5.41, 5.74) is 1.15. The quantitative estimate of drug-likeness (QED) is 0.851. The molecule has 0 amide bonds. The highest BCUT2D eigenvalue weighted by molar-refractivity contribution is 5.24. The molecule has 0 spiro atoms. The molecule has 2 aliphatic rings. The van der Waals surface area contributed by atoms with Crippen LogP contribution in [0.4, 0.5) is 0 Å². The number of hydrogen-bond donors (Lipinski definition) is 0. The van der Waals surface area contributed by atoms with Crippen LogP contribution in [0, 0.1) is 0 Å². The van der Waals surface area contributed by atoms with Crippen molar-refractivity contribution < 1.29 is 0 Å². The third-order valence-electron chi connectivity index (χ3n) is 5.88. The van der Waals surface area contributed by atoms with Crippen LogP contribution in [0.3, 0.4) is 0 Å². The van der Waals surface area contributed by atoms with E-state index in [9.17, 15) is 0 Å². The second-order valence-electron chi connectivity index (χ2n) is 7.50. The fraction of sp³-hybridized carbons (Fsp3) is 0.650. The molecule has 1 unspecified atom stereocenters. The van der Waals surface area contributed by atoms with Gasteiger partial charge in [-0.1, -0.05) is 26.2 Å². The summed E-state index contributed by atoms with van der Waals surface area (Å²) in [5, 5.41) is 0. The molecule has 0 N–H and O–H groups in total. The minimum Gasteiger partial charge on any atom is -0.300 e. The van der Waals surface area contributed by atoms with Gasteiger partial charge in [0.1, 0.15) is 5.82 Å². The fourth-order valence-corrected chi connectivity index (χ4v) is 4.51. The average molecular weight is 339 g/mol. The van der Waals surface area contributed by atoms with Gasteiger partial charge in [-0.2, -0.15) is 0 Å². The van der Waals surface area contributed by atoms with Crippen molar-refractivity contribution in [2.45, 2.75) is 70.3 Å². The van der Waals surface area contributed by atoms with E-state index < -0.39 is 0 Å².